The van der Waals surface area contributed by atoms with Crippen molar-refractivity contribution < 1.29 is 4.74 Å². The van der Waals surface area contributed by atoms with Crippen molar-refractivity contribution in [2.24, 2.45) is 0 Å². The molecule has 1 heteroatoms. The summed E-state index contributed by atoms with van der Waals surface area (Å²) in [6.07, 6.45) is 5.00. The van der Waals surface area contributed by atoms with Crippen LogP contribution in [0.25, 0.3) is 0 Å². The van der Waals surface area contributed by atoms with Crippen LogP contribution in [0.1, 0.15) is 49.3 Å². The summed E-state index contributed by atoms with van der Waals surface area (Å²) in [4.78, 5) is 0. The molecule has 1 nitrogen and oxygen atoms in total. The predicted octanol–water partition coefficient (Wildman–Crippen LogP) is 6.45. The van der Waals surface area contributed by atoms with Crippen LogP contribution in [-0.2, 0) is 13.0 Å². The zero-order chi connectivity index (χ0) is 17.4. The molecule has 0 saturated carbocycles. The second-order valence-electron chi connectivity index (χ2n) is 6.35. The van der Waals surface area contributed by atoms with Gasteiger partial charge in [-0.3, -0.25) is 0 Å². The molecular formula is C23H28O. The Labute approximate surface area is 146 Å². The van der Waals surface area contributed by atoms with Gasteiger partial charge in [-0.2, -0.15) is 0 Å². The molecule has 0 bridgehead atoms. The van der Waals surface area contributed by atoms with Crippen molar-refractivity contribution in [1.29, 1.82) is 0 Å². The lowest BCUT2D eigenvalue weighted by atomic mass is 9.89. The molecule has 2 aromatic carbocycles. The Kier molecular flexibility index (Phi) is 6.87. The molecule has 0 saturated heterocycles. The van der Waals surface area contributed by atoms with Crippen LogP contribution >= 0.6 is 0 Å². The summed E-state index contributed by atoms with van der Waals surface area (Å²) in [5, 5.41) is 0. The first-order valence-corrected chi connectivity index (χ1v) is 8.73. The molecule has 0 aromatic heterocycles. The summed E-state index contributed by atoms with van der Waals surface area (Å²) in [7, 11) is 0. The molecule has 0 aliphatic carbocycles. The molecule has 0 radical (unpaired) electrons. The van der Waals surface area contributed by atoms with Crippen LogP contribution in [0.5, 0.6) is 5.75 Å². The van der Waals surface area contributed by atoms with Gasteiger partial charge < -0.3 is 4.74 Å². The molecule has 0 fully saturated rings. The number of allylic oxidation sites excluding steroid dienone is 2. The van der Waals surface area contributed by atoms with E-state index >= 15 is 0 Å². The summed E-state index contributed by atoms with van der Waals surface area (Å²) in [6.45, 7) is 12.9. The van der Waals surface area contributed by atoms with Gasteiger partial charge in [0.25, 0.3) is 0 Å². The second kappa shape index (κ2) is 9.12. The van der Waals surface area contributed by atoms with Gasteiger partial charge in [-0.05, 0) is 47.6 Å². The van der Waals surface area contributed by atoms with Crippen LogP contribution in [0.2, 0.25) is 0 Å². The van der Waals surface area contributed by atoms with Crippen molar-refractivity contribution in [1.82, 2.24) is 0 Å². The maximum atomic E-state index is 5.98. The quantitative estimate of drug-likeness (QED) is 0.482. The minimum absolute atomic E-state index is 0.445. The zero-order valence-electron chi connectivity index (χ0n) is 14.9. The Hall–Kier alpha value is -2.28. The SMILES string of the molecule is C=CC(=C)CC(C)c1ccc(OCc2ccccc2)cc1CCC. The van der Waals surface area contributed by atoms with E-state index in [1.54, 1.807) is 0 Å². The van der Waals surface area contributed by atoms with Gasteiger partial charge in [0, 0.05) is 0 Å². The summed E-state index contributed by atoms with van der Waals surface area (Å²) in [6, 6.07) is 16.8. The van der Waals surface area contributed by atoms with Crippen LogP contribution in [0.4, 0.5) is 0 Å². The van der Waals surface area contributed by atoms with E-state index in [1.807, 2.05) is 24.3 Å². The summed E-state index contributed by atoms with van der Waals surface area (Å²) < 4.78 is 5.98. The average Bonchev–Trinajstić information content (AvgIpc) is 2.61. The normalized spacial score (nSPS) is 11.8. The maximum Gasteiger partial charge on any atom is 0.120 e. The van der Waals surface area contributed by atoms with Crippen LogP contribution in [0.15, 0.2) is 73.3 Å². The highest BCUT2D eigenvalue weighted by molar-refractivity contribution is 5.39. The maximum absolute atomic E-state index is 5.98. The van der Waals surface area contributed by atoms with E-state index in [2.05, 4.69) is 57.3 Å². The molecule has 0 spiro atoms. The molecule has 0 N–H and O–H groups in total. The van der Waals surface area contributed by atoms with Crippen molar-refractivity contribution >= 4 is 0 Å². The molecular weight excluding hydrogens is 292 g/mol. The lowest BCUT2D eigenvalue weighted by molar-refractivity contribution is 0.305. The van der Waals surface area contributed by atoms with Gasteiger partial charge in [-0.15, -0.1) is 0 Å². The highest BCUT2D eigenvalue weighted by Gasteiger charge is 2.12. The number of rotatable bonds is 9. The molecule has 24 heavy (non-hydrogen) atoms. The third-order valence-corrected chi connectivity index (χ3v) is 4.27. The van der Waals surface area contributed by atoms with Gasteiger partial charge in [0.2, 0.25) is 0 Å². The van der Waals surface area contributed by atoms with Crippen LogP contribution < -0.4 is 4.74 Å². The van der Waals surface area contributed by atoms with Crippen molar-refractivity contribution in [2.45, 2.75) is 45.6 Å². The molecule has 2 rings (SSSR count). The van der Waals surface area contributed by atoms with Gasteiger partial charge in [0.1, 0.15) is 12.4 Å². The van der Waals surface area contributed by atoms with Gasteiger partial charge in [-0.1, -0.05) is 81.5 Å². The number of aryl methyl sites for hydroxylation is 1. The van der Waals surface area contributed by atoms with Gasteiger partial charge in [0.05, 0.1) is 0 Å². The number of ether oxygens (including phenoxy) is 1. The van der Waals surface area contributed by atoms with E-state index < -0.39 is 0 Å². The minimum atomic E-state index is 0.445. The Morgan fingerprint density at radius 1 is 1.17 bits per heavy atom. The smallest absolute Gasteiger partial charge is 0.120 e. The molecule has 0 heterocycles. The highest BCUT2D eigenvalue weighted by atomic mass is 16.5. The summed E-state index contributed by atoms with van der Waals surface area (Å²) >= 11 is 0. The van der Waals surface area contributed by atoms with Crippen LogP contribution in [0, 0.1) is 0 Å². The number of benzene rings is 2. The second-order valence-corrected chi connectivity index (χ2v) is 6.35. The van der Waals surface area contributed by atoms with Gasteiger partial charge >= 0.3 is 0 Å². The monoisotopic (exact) mass is 320 g/mol. The van der Waals surface area contributed by atoms with Gasteiger partial charge in [-0.25, -0.2) is 0 Å². The fourth-order valence-electron chi connectivity index (χ4n) is 2.97. The fraction of sp³-hybridized carbons (Fsp3) is 0.304. The third-order valence-electron chi connectivity index (χ3n) is 4.27. The van der Waals surface area contributed by atoms with Crippen molar-refractivity contribution in [3.05, 3.63) is 90.0 Å². The number of hydrogen-bond donors (Lipinski definition) is 0. The Balaban J connectivity index is 2.13. The van der Waals surface area contributed by atoms with Crippen molar-refractivity contribution in [2.75, 3.05) is 0 Å². The molecule has 1 unspecified atom stereocenters. The molecule has 0 aliphatic rings. The first kappa shape index (κ1) is 18.1. The Morgan fingerprint density at radius 3 is 2.58 bits per heavy atom. The van der Waals surface area contributed by atoms with E-state index in [9.17, 15) is 0 Å². The third kappa shape index (κ3) is 5.13. The zero-order valence-corrected chi connectivity index (χ0v) is 14.9. The molecule has 0 amide bonds. The molecule has 126 valence electrons. The average molecular weight is 320 g/mol. The Bertz CT molecular complexity index is 670. The first-order chi connectivity index (χ1) is 11.6. The minimum Gasteiger partial charge on any atom is -0.489 e. The lowest BCUT2D eigenvalue weighted by Gasteiger charge is -2.18. The lowest BCUT2D eigenvalue weighted by Crippen LogP contribution is -2.02. The van der Waals surface area contributed by atoms with E-state index in [-0.39, 0.29) is 0 Å². The molecule has 1 atom stereocenters. The Morgan fingerprint density at radius 2 is 1.92 bits per heavy atom. The largest absolute Gasteiger partial charge is 0.489 e. The van der Waals surface area contributed by atoms with E-state index in [0.29, 0.717) is 12.5 Å². The fourth-order valence-corrected chi connectivity index (χ4v) is 2.97. The van der Waals surface area contributed by atoms with Crippen molar-refractivity contribution in [3.8, 4) is 5.75 Å². The van der Waals surface area contributed by atoms with E-state index in [1.165, 1.54) is 16.7 Å². The van der Waals surface area contributed by atoms with Crippen LogP contribution in [0.3, 0.4) is 0 Å². The van der Waals surface area contributed by atoms with E-state index in [4.69, 9.17) is 4.74 Å². The van der Waals surface area contributed by atoms with Crippen molar-refractivity contribution in [3.63, 3.8) is 0 Å². The summed E-state index contributed by atoms with van der Waals surface area (Å²) in [5.41, 5.74) is 5.06. The summed E-state index contributed by atoms with van der Waals surface area (Å²) in [5.74, 6) is 1.39. The van der Waals surface area contributed by atoms with Gasteiger partial charge in [0.15, 0.2) is 0 Å². The topological polar surface area (TPSA) is 9.23 Å². The first-order valence-electron chi connectivity index (χ1n) is 8.73. The van der Waals surface area contributed by atoms with Crippen LogP contribution in [-0.4, -0.2) is 0 Å². The highest BCUT2D eigenvalue weighted by Crippen LogP contribution is 2.30. The molecule has 0 aliphatic heterocycles. The number of hydrogen-bond acceptors (Lipinski definition) is 1. The molecule has 2 aromatic rings. The standard InChI is InChI=1S/C23H28O/c1-5-10-21-16-22(24-17-20-11-8-7-9-12-20)13-14-23(21)19(4)15-18(3)6-2/h6-9,11-14,16,19H,2-3,5,10,15,17H2,1,4H3. The predicted molar refractivity (Wildman–Crippen MR) is 104 cm³/mol. The van der Waals surface area contributed by atoms with E-state index in [0.717, 1.165) is 30.6 Å².